The summed E-state index contributed by atoms with van der Waals surface area (Å²) < 4.78 is 13.4. The summed E-state index contributed by atoms with van der Waals surface area (Å²) in [5, 5.41) is 10.7. The Balaban J connectivity index is 1.81. The van der Waals surface area contributed by atoms with Crippen LogP contribution >= 0.6 is 11.6 Å². The zero-order valence-corrected chi connectivity index (χ0v) is 14.9. The summed E-state index contributed by atoms with van der Waals surface area (Å²) in [6.45, 7) is 1.88. The fourth-order valence-corrected chi connectivity index (χ4v) is 2.82. The first kappa shape index (κ1) is 17.1. The molecule has 0 fully saturated rings. The first-order valence-corrected chi connectivity index (χ1v) is 8.44. The molecule has 4 aromatic rings. The molecule has 0 aliphatic rings. The van der Waals surface area contributed by atoms with Crippen LogP contribution in [0.3, 0.4) is 0 Å². The van der Waals surface area contributed by atoms with Gasteiger partial charge < -0.3 is 5.32 Å². The number of rotatable bonds is 4. The summed E-state index contributed by atoms with van der Waals surface area (Å²) in [4.78, 5) is 21.5. The van der Waals surface area contributed by atoms with Crippen LogP contribution in [0, 0.1) is 12.7 Å². The van der Waals surface area contributed by atoms with Crippen molar-refractivity contribution in [2.24, 2.45) is 0 Å². The van der Waals surface area contributed by atoms with E-state index in [9.17, 15) is 9.18 Å². The molecule has 6 nitrogen and oxygen atoms in total. The van der Waals surface area contributed by atoms with Crippen LogP contribution < -0.4 is 5.32 Å². The molecule has 2 heterocycles. The van der Waals surface area contributed by atoms with Crippen molar-refractivity contribution in [2.45, 2.75) is 6.92 Å². The summed E-state index contributed by atoms with van der Waals surface area (Å²) in [6, 6.07) is 12.9. The molecular weight excluding hydrogens is 369 g/mol. The lowest BCUT2D eigenvalue weighted by Crippen LogP contribution is -2.10. The van der Waals surface area contributed by atoms with Crippen molar-refractivity contribution in [1.82, 2.24) is 20.2 Å². The number of nitrogens with zero attached hydrogens (tertiary/aromatic N) is 3. The van der Waals surface area contributed by atoms with Gasteiger partial charge >= 0.3 is 0 Å². The van der Waals surface area contributed by atoms with Gasteiger partial charge in [0.15, 0.2) is 5.82 Å². The van der Waals surface area contributed by atoms with Gasteiger partial charge in [-0.15, -0.1) is 0 Å². The molecule has 0 aliphatic carbocycles. The SMILES string of the molecule is Cc1cc(Nc2nc(C(=O)c3ccc(F)c(Cl)c3)nc3ccccc23)n[nH]1. The summed E-state index contributed by atoms with van der Waals surface area (Å²) in [6.07, 6.45) is 0. The van der Waals surface area contributed by atoms with Crippen molar-refractivity contribution in [2.75, 3.05) is 5.32 Å². The Bertz CT molecular complexity index is 1170. The molecule has 2 aromatic carbocycles. The van der Waals surface area contributed by atoms with Crippen molar-refractivity contribution >= 4 is 39.9 Å². The number of anilines is 2. The zero-order valence-electron chi connectivity index (χ0n) is 14.1. The van der Waals surface area contributed by atoms with Gasteiger partial charge in [0.2, 0.25) is 11.6 Å². The van der Waals surface area contributed by atoms with E-state index in [1.165, 1.54) is 12.1 Å². The number of hydrogen-bond donors (Lipinski definition) is 2. The minimum atomic E-state index is -0.594. The van der Waals surface area contributed by atoms with Crippen LogP contribution in [0.1, 0.15) is 21.9 Å². The minimum absolute atomic E-state index is 0.0221. The highest BCUT2D eigenvalue weighted by Crippen LogP contribution is 2.25. The van der Waals surface area contributed by atoms with E-state index >= 15 is 0 Å². The molecule has 2 aromatic heterocycles. The topological polar surface area (TPSA) is 83.6 Å². The van der Waals surface area contributed by atoms with E-state index in [-0.39, 0.29) is 16.4 Å². The largest absolute Gasteiger partial charge is 0.323 e. The van der Waals surface area contributed by atoms with Crippen LogP contribution in [0.2, 0.25) is 5.02 Å². The van der Waals surface area contributed by atoms with E-state index in [0.29, 0.717) is 17.2 Å². The van der Waals surface area contributed by atoms with Gasteiger partial charge in [0, 0.05) is 22.7 Å². The molecule has 0 bridgehead atoms. The van der Waals surface area contributed by atoms with Crippen LogP contribution in [-0.2, 0) is 0 Å². The number of benzene rings is 2. The van der Waals surface area contributed by atoms with E-state index < -0.39 is 11.6 Å². The predicted molar refractivity (Wildman–Crippen MR) is 101 cm³/mol. The quantitative estimate of drug-likeness (QED) is 0.511. The number of aromatic nitrogens is 4. The first-order chi connectivity index (χ1) is 13.0. The molecular formula is C19H13ClFN5O. The van der Waals surface area contributed by atoms with Gasteiger partial charge in [-0.05, 0) is 37.3 Å². The van der Waals surface area contributed by atoms with Crippen LogP contribution in [0.5, 0.6) is 0 Å². The molecule has 0 saturated carbocycles. The van der Waals surface area contributed by atoms with Crippen molar-refractivity contribution in [3.63, 3.8) is 0 Å². The lowest BCUT2D eigenvalue weighted by molar-refractivity contribution is 0.103. The maximum Gasteiger partial charge on any atom is 0.230 e. The van der Waals surface area contributed by atoms with E-state index in [1.54, 1.807) is 6.07 Å². The second kappa shape index (κ2) is 6.77. The second-order valence-corrected chi connectivity index (χ2v) is 6.34. The average molecular weight is 382 g/mol. The Labute approximate surface area is 158 Å². The Hall–Kier alpha value is -3.32. The third kappa shape index (κ3) is 3.37. The summed E-state index contributed by atoms with van der Waals surface area (Å²) in [5.41, 5.74) is 1.69. The molecule has 0 unspecified atom stereocenters. The summed E-state index contributed by atoms with van der Waals surface area (Å²) >= 11 is 5.79. The van der Waals surface area contributed by atoms with Crippen molar-refractivity contribution in [3.05, 3.63) is 76.5 Å². The predicted octanol–water partition coefficient (Wildman–Crippen LogP) is 4.43. The zero-order chi connectivity index (χ0) is 19.0. The minimum Gasteiger partial charge on any atom is -0.323 e. The molecule has 2 N–H and O–H groups in total. The van der Waals surface area contributed by atoms with Gasteiger partial charge in [-0.25, -0.2) is 14.4 Å². The number of carbonyl (C=O) groups excluding carboxylic acids is 1. The number of para-hydroxylation sites is 1. The highest BCUT2D eigenvalue weighted by molar-refractivity contribution is 6.31. The first-order valence-electron chi connectivity index (χ1n) is 8.07. The number of ketones is 1. The lowest BCUT2D eigenvalue weighted by Gasteiger charge is -2.09. The van der Waals surface area contributed by atoms with Crippen molar-refractivity contribution in [1.29, 1.82) is 0 Å². The van der Waals surface area contributed by atoms with Crippen molar-refractivity contribution in [3.8, 4) is 0 Å². The molecule has 0 aliphatic heterocycles. The Morgan fingerprint density at radius 3 is 2.70 bits per heavy atom. The smallest absolute Gasteiger partial charge is 0.230 e. The molecule has 0 atom stereocenters. The number of aryl methyl sites for hydroxylation is 1. The van der Waals surface area contributed by atoms with Crippen LogP contribution in [0.4, 0.5) is 16.0 Å². The van der Waals surface area contributed by atoms with E-state index in [2.05, 4.69) is 25.5 Å². The average Bonchev–Trinajstić information content (AvgIpc) is 3.08. The van der Waals surface area contributed by atoms with E-state index in [4.69, 9.17) is 11.6 Å². The number of hydrogen-bond acceptors (Lipinski definition) is 5. The number of nitrogens with one attached hydrogen (secondary N) is 2. The number of aromatic amines is 1. The lowest BCUT2D eigenvalue weighted by atomic mass is 10.1. The number of fused-ring (bicyclic) bond motifs is 1. The Morgan fingerprint density at radius 1 is 1.15 bits per heavy atom. The molecule has 27 heavy (non-hydrogen) atoms. The fourth-order valence-electron chi connectivity index (χ4n) is 2.64. The van der Waals surface area contributed by atoms with Gasteiger partial charge in [-0.3, -0.25) is 9.89 Å². The molecule has 0 amide bonds. The van der Waals surface area contributed by atoms with Crippen LogP contribution in [0.25, 0.3) is 10.9 Å². The normalized spacial score (nSPS) is 10.9. The molecule has 0 spiro atoms. The Kier molecular flexibility index (Phi) is 4.29. The molecule has 0 radical (unpaired) electrons. The third-order valence-electron chi connectivity index (χ3n) is 3.94. The van der Waals surface area contributed by atoms with Gasteiger partial charge in [-0.2, -0.15) is 5.10 Å². The van der Waals surface area contributed by atoms with Crippen LogP contribution in [0.15, 0.2) is 48.5 Å². The van der Waals surface area contributed by atoms with Crippen molar-refractivity contribution < 1.29 is 9.18 Å². The fraction of sp³-hybridized carbons (Fsp3) is 0.0526. The summed E-state index contributed by atoms with van der Waals surface area (Å²) in [5.74, 6) is -0.0535. The van der Waals surface area contributed by atoms with E-state index in [0.717, 1.165) is 17.1 Å². The maximum absolute atomic E-state index is 13.4. The van der Waals surface area contributed by atoms with Gasteiger partial charge in [0.05, 0.1) is 10.5 Å². The van der Waals surface area contributed by atoms with E-state index in [1.807, 2.05) is 31.2 Å². The number of halogens is 2. The molecule has 0 saturated heterocycles. The van der Waals surface area contributed by atoms with Gasteiger partial charge in [0.1, 0.15) is 11.6 Å². The second-order valence-electron chi connectivity index (χ2n) is 5.93. The molecule has 134 valence electrons. The highest BCUT2D eigenvalue weighted by Gasteiger charge is 2.17. The molecule has 4 rings (SSSR count). The number of H-pyrrole nitrogens is 1. The maximum atomic E-state index is 13.4. The standard InChI is InChI=1S/C19H13ClFN5O/c1-10-8-16(26-25-10)23-18-12-4-2-3-5-15(12)22-19(24-18)17(27)11-6-7-14(21)13(20)9-11/h2-9H,1H3,(H2,22,23,24,25,26). The van der Waals surface area contributed by atoms with Gasteiger partial charge in [0.25, 0.3) is 0 Å². The van der Waals surface area contributed by atoms with Crippen LogP contribution in [-0.4, -0.2) is 25.9 Å². The summed E-state index contributed by atoms with van der Waals surface area (Å²) in [7, 11) is 0. The monoisotopic (exact) mass is 381 g/mol. The number of carbonyl (C=O) groups is 1. The van der Waals surface area contributed by atoms with Gasteiger partial charge in [-0.1, -0.05) is 23.7 Å². The Morgan fingerprint density at radius 2 is 1.96 bits per heavy atom. The highest BCUT2D eigenvalue weighted by atomic mass is 35.5. The molecule has 8 heteroatoms. The third-order valence-corrected chi connectivity index (χ3v) is 4.23.